The van der Waals surface area contributed by atoms with Gasteiger partial charge in [-0.15, -0.1) is 0 Å². The van der Waals surface area contributed by atoms with Crippen molar-refractivity contribution in [3.63, 3.8) is 0 Å². The van der Waals surface area contributed by atoms with Crippen LogP contribution in [0.2, 0.25) is 0 Å². The van der Waals surface area contributed by atoms with Gasteiger partial charge in [0.2, 0.25) is 0 Å². The van der Waals surface area contributed by atoms with Crippen molar-refractivity contribution in [3.05, 3.63) is 140 Å². The standard InChI is InChI=1S/C31H44O2.C16H24O2.C16H24O/c1-28(2,3)22-13-20(14-23(17-22)29(4,5)6)26(32)19-27(33)21-15-24(30(7,8)9)18-25(16-21)31(10,11)12;1-15(2,3)12-8-11(14(17)18-7)9-13(10-12)16(4,5)6;1-11(17)12-8-13(15(2,3)4)10-14(9-12)16(5,6)7/h13-18H,19H2,1-12H3;8-10H,1-7H3;8-10H,1-7H3. The van der Waals surface area contributed by atoms with E-state index in [1.54, 1.807) is 6.92 Å². The van der Waals surface area contributed by atoms with Crippen LogP contribution in [0, 0.1) is 0 Å². The number of benzene rings is 4. The molecule has 4 aromatic carbocycles. The molecule has 0 spiro atoms. The van der Waals surface area contributed by atoms with Gasteiger partial charge in [-0.3, -0.25) is 14.4 Å². The molecule has 0 heterocycles. The van der Waals surface area contributed by atoms with E-state index in [4.69, 9.17) is 4.74 Å². The fourth-order valence-corrected chi connectivity index (χ4v) is 7.09. The van der Waals surface area contributed by atoms with Crippen molar-refractivity contribution in [2.45, 2.75) is 223 Å². The molecule has 0 aliphatic heterocycles. The average Bonchev–Trinajstić information content (AvgIpc) is 3.17. The Balaban J connectivity index is 0.000000383. The molecule has 0 N–H and O–H groups in total. The van der Waals surface area contributed by atoms with Gasteiger partial charge in [-0.05, 0) is 143 Å². The molecule has 0 amide bonds. The Bertz CT molecular complexity index is 2220. The van der Waals surface area contributed by atoms with Crippen LogP contribution < -0.4 is 0 Å². The zero-order chi connectivity index (χ0) is 53.1. The highest BCUT2D eigenvalue weighted by atomic mass is 16.5. The number of carbonyl (C=O) groups is 4. The summed E-state index contributed by atoms with van der Waals surface area (Å²) >= 11 is 0. The van der Waals surface area contributed by atoms with Crippen molar-refractivity contribution in [3.8, 4) is 0 Å². The van der Waals surface area contributed by atoms with Crippen LogP contribution in [0.5, 0.6) is 0 Å². The molecule has 0 saturated heterocycles. The molecule has 0 aliphatic carbocycles. The van der Waals surface area contributed by atoms with Gasteiger partial charge in [0.1, 0.15) is 0 Å². The predicted molar refractivity (Wildman–Crippen MR) is 290 cm³/mol. The molecule has 68 heavy (non-hydrogen) atoms. The quantitative estimate of drug-likeness (QED) is 0.109. The first-order valence-electron chi connectivity index (χ1n) is 24.6. The first-order chi connectivity index (χ1) is 30.3. The van der Waals surface area contributed by atoms with Crippen molar-refractivity contribution in [1.82, 2.24) is 0 Å². The number of hydrogen-bond donors (Lipinski definition) is 0. The lowest BCUT2D eigenvalue weighted by Crippen LogP contribution is -2.20. The SMILES string of the molecule is CC(=O)c1cc(C(C)(C)C)cc(C(C)(C)C)c1.CC(C)(C)c1cc(C(=O)CC(=O)c2cc(C(C)(C)C)cc(C(C)(C)C)c2)cc(C(C)(C)C)c1.COC(=O)c1cc(C(C)(C)C)cc(C(C)(C)C)c1. The number of ketones is 3. The van der Waals surface area contributed by atoms with E-state index >= 15 is 0 Å². The molecule has 0 unspecified atom stereocenters. The molecule has 5 nitrogen and oxygen atoms in total. The molecule has 0 fully saturated rings. The smallest absolute Gasteiger partial charge is 0.337 e. The molecule has 5 heteroatoms. The second-order valence-electron chi connectivity index (χ2n) is 27.3. The number of rotatable bonds is 6. The van der Waals surface area contributed by atoms with Gasteiger partial charge in [0.25, 0.3) is 0 Å². The van der Waals surface area contributed by atoms with Crippen LogP contribution in [0.15, 0.2) is 72.8 Å². The molecular weight excluding hydrogens is 837 g/mol. The summed E-state index contributed by atoms with van der Waals surface area (Å²) in [5.41, 5.74) is 11.8. The van der Waals surface area contributed by atoms with Crippen molar-refractivity contribution >= 4 is 23.3 Å². The summed E-state index contributed by atoms with van der Waals surface area (Å²) in [5, 5.41) is 0. The second kappa shape index (κ2) is 21.2. The lowest BCUT2D eigenvalue weighted by molar-refractivity contribution is 0.0599. The fourth-order valence-electron chi connectivity index (χ4n) is 7.09. The second-order valence-corrected chi connectivity index (χ2v) is 27.3. The van der Waals surface area contributed by atoms with E-state index < -0.39 is 0 Å². The minimum absolute atomic E-state index is 0.0179. The van der Waals surface area contributed by atoms with E-state index in [1.807, 2.05) is 48.5 Å². The minimum Gasteiger partial charge on any atom is -0.465 e. The number of carbonyl (C=O) groups excluding carboxylic acids is 4. The van der Waals surface area contributed by atoms with Gasteiger partial charge >= 0.3 is 5.97 Å². The van der Waals surface area contributed by atoms with Crippen LogP contribution in [-0.2, 0) is 48.1 Å². The highest BCUT2D eigenvalue weighted by Gasteiger charge is 2.27. The van der Waals surface area contributed by atoms with Crippen molar-refractivity contribution in [2.24, 2.45) is 0 Å². The molecule has 4 aromatic rings. The van der Waals surface area contributed by atoms with E-state index in [0.29, 0.717) is 16.7 Å². The molecule has 0 radical (unpaired) electrons. The molecule has 0 aliphatic rings. The third-order valence-electron chi connectivity index (χ3n) is 12.5. The number of esters is 1. The number of methoxy groups -OCH3 is 1. The van der Waals surface area contributed by atoms with Crippen LogP contribution in [-0.4, -0.2) is 30.4 Å². The largest absolute Gasteiger partial charge is 0.465 e. The Morgan fingerprint density at radius 1 is 0.309 bits per heavy atom. The maximum Gasteiger partial charge on any atom is 0.337 e. The summed E-state index contributed by atoms with van der Waals surface area (Å²) in [6.45, 7) is 53.4. The van der Waals surface area contributed by atoms with Gasteiger partial charge < -0.3 is 4.74 Å². The zero-order valence-electron chi connectivity index (χ0n) is 47.7. The monoisotopic (exact) mass is 929 g/mol. The predicted octanol–water partition coefficient (Wildman–Crippen LogP) is 16.9. The lowest BCUT2D eigenvalue weighted by Gasteiger charge is -2.26. The number of hydrogen-bond acceptors (Lipinski definition) is 5. The van der Waals surface area contributed by atoms with E-state index in [2.05, 4.69) is 190 Å². The third kappa shape index (κ3) is 17.4. The van der Waals surface area contributed by atoms with Gasteiger partial charge in [0, 0.05) is 16.7 Å². The summed E-state index contributed by atoms with van der Waals surface area (Å²) in [7, 11) is 1.42. The molecule has 0 saturated carbocycles. The maximum absolute atomic E-state index is 13.3. The van der Waals surface area contributed by atoms with E-state index in [0.717, 1.165) is 38.9 Å². The zero-order valence-corrected chi connectivity index (χ0v) is 47.7. The maximum atomic E-state index is 13.3. The van der Waals surface area contributed by atoms with Crippen LogP contribution >= 0.6 is 0 Å². The number of Topliss-reactive ketones (excluding diaryl/α,β-unsaturated/α-hetero) is 3. The highest BCUT2D eigenvalue weighted by molar-refractivity contribution is 6.13. The summed E-state index contributed by atoms with van der Waals surface area (Å²) in [6.07, 6.45) is -0.117. The van der Waals surface area contributed by atoms with E-state index in [-0.39, 0.29) is 73.1 Å². The van der Waals surface area contributed by atoms with Crippen LogP contribution in [0.3, 0.4) is 0 Å². The lowest BCUT2D eigenvalue weighted by atomic mass is 9.78. The summed E-state index contributed by atoms with van der Waals surface area (Å²) < 4.78 is 4.83. The highest BCUT2D eigenvalue weighted by Crippen LogP contribution is 2.35. The average molecular weight is 929 g/mol. The fraction of sp³-hybridized carbons (Fsp3) is 0.556. The first-order valence-corrected chi connectivity index (χ1v) is 24.6. The molecule has 0 bridgehead atoms. The Hall–Kier alpha value is -4.64. The molecule has 4 rings (SSSR count). The summed E-state index contributed by atoms with van der Waals surface area (Å²) in [4.78, 5) is 50.0. The van der Waals surface area contributed by atoms with Gasteiger partial charge in [0.05, 0.1) is 19.1 Å². The Kier molecular flexibility index (Phi) is 18.5. The Morgan fingerprint density at radius 2 is 0.485 bits per heavy atom. The van der Waals surface area contributed by atoms with Gasteiger partial charge in [-0.25, -0.2) is 4.79 Å². The van der Waals surface area contributed by atoms with Crippen molar-refractivity contribution in [1.29, 1.82) is 0 Å². The first kappa shape index (κ1) is 59.5. The Labute approximate surface area is 415 Å². The number of ether oxygens (including phenoxy) is 1. The van der Waals surface area contributed by atoms with Gasteiger partial charge in [0.15, 0.2) is 17.3 Å². The summed E-state index contributed by atoms with van der Waals surface area (Å²) in [5.74, 6) is -0.363. The molecule has 0 atom stereocenters. The summed E-state index contributed by atoms with van der Waals surface area (Å²) in [6, 6.07) is 24.6. The normalized spacial score (nSPS) is 12.9. The molecule has 374 valence electrons. The van der Waals surface area contributed by atoms with E-state index in [1.165, 1.54) is 18.2 Å². The third-order valence-corrected chi connectivity index (χ3v) is 12.5. The topological polar surface area (TPSA) is 77.5 Å². The Morgan fingerprint density at radius 3 is 0.647 bits per heavy atom. The van der Waals surface area contributed by atoms with Gasteiger partial charge in [-0.1, -0.05) is 190 Å². The van der Waals surface area contributed by atoms with Crippen molar-refractivity contribution < 1.29 is 23.9 Å². The van der Waals surface area contributed by atoms with E-state index in [9.17, 15) is 19.2 Å². The molecular formula is C63H92O5. The van der Waals surface area contributed by atoms with Crippen LogP contribution in [0.1, 0.15) is 265 Å². The molecule has 0 aromatic heterocycles. The van der Waals surface area contributed by atoms with Crippen LogP contribution in [0.4, 0.5) is 0 Å². The minimum atomic E-state index is -0.272. The van der Waals surface area contributed by atoms with Crippen molar-refractivity contribution in [2.75, 3.05) is 7.11 Å². The van der Waals surface area contributed by atoms with Gasteiger partial charge in [-0.2, -0.15) is 0 Å². The van der Waals surface area contributed by atoms with Crippen LogP contribution in [0.25, 0.3) is 0 Å².